The minimum absolute atomic E-state index is 0.0489. The summed E-state index contributed by atoms with van der Waals surface area (Å²) in [5.41, 5.74) is 7.64. The first-order chi connectivity index (χ1) is 11.5. The van der Waals surface area contributed by atoms with Crippen LogP contribution in [0.15, 0.2) is 30.5 Å². The lowest BCUT2D eigenvalue weighted by molar-refractivity contribution is -0.122. The van der Waals surface area contributed by atoms with Crippen LogP contribution in [0.4, 0.5) is 0 Å². The van der Waals surface area contributed by atoms with Gasteiger partial charge in [0, 0.05) is 30.4 Å². The zero-order chi connectivity index (χ0) is 17.3. The van der Waals surface area contributed by atoms with E-state index in [2.05, 4.69) is 4.98 Å². The third kappa shape index (κ3) is 3.29. The van der Waals surface area contributed by atoms with Crippen LogP contribution in [0.3, 0.4) is 0 Å². The van der Waals surface area contributed by atoms with Gasteiger partial charge in [-0.3, -0.25) is 14.7 Å². The molecule has 2 aromatic rings. The Morgan fingerprint density at radius 2 is 2.25 bits per heavy atom. The molecule has 1 aromatic heterocycles. The fraction of sp³-hybridized carbons (Fsp3) is 0.294. The molecule has 0 bridgehead atoms. The highest BCUT2D eigenvalue weighted by Crippen LogP contribution is 2.37. The zero-order valence-electron chi connectivity index (χ0n) is 13.2. The molecule has 0 aliphatic carbocycles. The van der Waals surface area contributed by atoms with Crippen molar-refractivity contribution in [3.8, 4) is 22.8 Å². The van der Waals surface area contributed by atoms with Gasteiger partial charge in [0.05, 0.1) is 16.8 Å². The largest absolute Gasteiger partial charge is 0.504 e. The SMILES string of the molecule is C[C@@H](C(N)=O)N1CCOc2c(O)cc(-c3ccc(Cl)cn3)cc2C1. The highest BCUT2D eigenvalue weighted by atomic mass is 35.5. The molecule has 2 heterocycles. The number of pyridine rings is 1. The van der Waals surface area contributed by atoms with Gasteiger partial charge in [0.25, 0.3) is 0 Å². The molecule has 0 saturated heterocycles. The first-order valence-corrected chi connectivity index (χ1v) is 7.97. The number of primary amides is 1. The number of hydrogen-bond donors (Lipinski definition) is 2. The molecule has 1 aliphatic heterocycles. The van der Waals surface area contributed by atoms with Crippen molar-refractivity contribution in [1.29, 1.82) is 0 Å². The Bertz CT molecular complexity index is 764. The van der Waals surface area contributed by atoms with Gasteiger partial charge in [-0.05, 0) is 31.2 Å². The summed E-state index contributed by atoms with van der Waals surface area (Å²) >= 11 is 5.87. The molecule has 0 radical (unpaired) electrons. The van der Waals surface area contributed by atoms with E-state index < -0.39 is 11.9 Å². The maximum absolute atomic E-state index is 11.5. The number of carbonyl (C=O) groups excluding carboxylic acids is 1. The lowest BCUT2D eigenvalue weighted by atomic mass is 10.0. The molecular formula is C17H18ClN3O3. The molecule has 126 valence electrons. The number of aromatic hydroxyl groups is 1. The van der Waals surface area contributed by atoms with E-state index in [4.69, 9.17) is 22.1 Å². The molecule has 3 rings (SSSR count). The van der Waals surface area contributed by atoms with E-state index in [1.54, 1.807) is 31.3 Å². The number of hydrogen-bond acceptors (Lipinski definition) is 5. The number of nitrogens with two attached hydrogens (primary N) is 1. The number of aromatic nitrogens is 1. The van der Waals surface area contributed by atoms with Crippen LogP contribution < -0.4 is 10.5 Å². The average molecular weight is 348 g/mol. The summed E-state index contributed by atoms with van der Waals surface area (Å²) in [5.74, 6) is 0.0953. The Hall–Kier alpha value is -2.31. The molecule has 1 atom stereocenters. The van der Waals surface area contributed by atoms with Crippen LogP contribution in [0.25, 0.3) is 11.3 Å². The van der Waals surface area contributed by atoms with Crippen molar-refractivity contribution >= 4 is 17.5 Å². The van der Waals surface area contributed by atoms with Crippen LogP contribution in [0.2, 0.25) is 5.02 Å². The number of ether oxygens (including phenoxy) is 1. The van der Waals surface area contributed by atoms with Gasteiger partial charge in [0.15, 0.2) is 11.5 Å². The first kappa shape index (κ1) is 16.5. The normalized spacial score (nSPS) is 15.9. The van der Waals surface area contributed by atoms with Crippen molar-refractivity contribution in [3.63, 3.8) is 0 Å². The Morgan fingerprint density at radius 3 is 2.92 bits per heavy atom. The average Bonchev–Trinajstić information content (AvgIpc) is 2.77. The maximum atomic E-state index is 11.5. The van der Waals surface area contributed by atoms with E-state index in [-0.39, 0.29) is 5.75 Å². The van der Waals surface area contributed by atoms with Crippen LogP contribution in [0, 0.1) is 0 Å². The van der Waals surface area contributed by atoms with E-state index in [0.29, 0.717) is 36.2 Å². The van der Waals surface area contributed by atoms with Crippen molar-refractivity contribution < 1.29 is 14.6 Å². The van der Waals surface area contributed by atoms with Crippen LogP contribution in [-0.4, -0.2) is 40.1 Å². The molecule has 0 spiro atoms. The van der Waals surface area contributed by atoms with E-state index in [1.807, 2.05) is 11.0 Å². The maximum Gasteiger partial charge on any atom is 0.234 e. The number of carbonyl (C=O) groups is 1. The second kappa shape index (κ2) is 6.67. The predicted octanol–water partition coefficient (Wildman–Crippen LogP) is 2.18. The Labute approximate surface area is 144 Å². The molecule has 7 heteroatoms. The fourth-order valence-corrected chi connectivity index (χ4v) is 2.84. The van der Waals surface area contributed by atoms with Crippen LogP contribution in [-0.2, 0) is 11.3 Å². The minimum Gasteiger partial charge on any atom is -0.504 e. The van der Waals surface area contributed by atoms with Gasteiger partial charge >= 0.3 is 0 Å². The quantitative estimate of drug-likeness (QED) is 0.888. The molecular weight excluding hydrogens is 330 g/mol. The number of nitrogens with zero attached hydrogens (tertiary/aromatic N) is 2. The van der Waals surface area contributed by atoms with Crippen molar-refractivity contribution in [1.82, 2.24) is 9.88 Å². The molecule has 1 aromatic carbocycles. The molecule has 24 heavy (non-hydrogen) atoms. The molecule has 0 fully saturated rings. The Kier molecular flexibility index (Phi) is 4.59. The summed E-state index contributed by atoms with van der Waals surface area (Å²) in [6, 6.07) is 6.62. The van der Waals surface area contributed by atoms with E-state index in [0.717, 1.165) is 11.1 Å². The zero-order valence-corrected chi connectivity index (χ0v) is 14.0. The number of rotatable bonds is 3. The van der Waals surface area contributed by atoms with E-state index >= 15 is 0 Å². The number of phenols is 1. The van der Waals surface area contributed by atoms with Crippen LogP contribution >= 0.6 is 11.6 Å². The minimum atomic E-state index is -0.418. The summed E-state index contributed by atoms with van der Waals surface area (Å²) in [6.45, 7) is 3.13. The summed E-state index contributed by atoms with van der Waals surface area (Å²) in [4.78, 5) is 17.7. The lowest BCUT2D eigenvalue weighted by Gasteiger charge is -2.24. The van der Waals surface area contributed by atoms with Gasteiger partial charge in [-0.2, -0.15) is 0 Å². The van der Waals surface area contributed by atoms with Gasteiger partial charge in [0.2, 0.25) is 5.91 Å². The third-order valence-electron chi connectivity index (χ3n) is 4.13. The Balaban J connectivity index is 1.99. The highest BCUT2D eigenvalue weighted by molar-refractivity contribution is 6.30. The molecule has 0 saturated carbocycles. The second-order valence-electron chi connectivity index (χ2n) is 5.74. The second-order valence-corrected chi connectivity index (χ2v) is 6.18. The first-order valence-electron chi connectivity index (χ1n) is 7.59. The highest BCUT2D eigenvalue weighted by Gasteiger charge is 2.25. The number of phenolic OH excluding ortho intramolecular Hbond substituents is 1. The van der Waals surface area contributed by atoms with Crippen molar-refractivity contribution in [2.45, 2.75) is 19.5 Å². The van der Waals surface area contributed by atoms with Crippen molar-refractivity contribution in [3.05, 3.63) is 41.0 Å². The van der Waals surface area contributed by atoms with Crippen molar-refractivity contribution in [2.75, 3.05) is 13.2 Å². The standard InChI is InChI=1S/C17H18ClN3O3/c1-10(17(19)23)21-4-5-24-16-12(9-21)6-11(7-15(16)22)14-3-2-13(18)8-20-14/h2-3,6-8,10,22H,4-5,9H2,1H3,(H2,19,23)/t10-/m0/s1. The van der Waals surface area contributed by atoms with Gasteiger partial charge in [-0.25, -0.2) is 0 Å². The van der Waals surface area contributed by atoms with Crippen LogP contribution in [0.1, 0.15) is 12.5 Å². The summed E-state index contributed by atoms with van der Waals surface area (Å²) in [7, 11) is 0. The van der Waals surface area contributed by atoms with Gasteiger partial charge in [-0.15, -0.1) is 0 Å². The van der Waals surface area contributed by atoms with Crippen molar-refractivity contribution in [2.24, 2.45) is 5.73 Å². The number of benzene rings is 1. The van der Waals surface area contributed by atoms with E-state index in [9.17, 15) is 9.90 Å². The lowest BCUT2D eigenvalue weighted by Crippen LogP contribution is -2.43. The predicted molar refractivity (Wildman–Crippen MR) is 90.9 cm³/mol. The van der Waals surface area contributed by atoms with Crippen LogP contribution in [0.5, 0.6) is 11.5 Å². The van der Waals surface area contributed by atoms with Gasteiger partial charge < -0.3 is 15.6 Å². The number of halogens is 1. The molecule has 1 aliphatic rings. The third-order valence-corrected chi connectivity index (χ3v) is 4.35. The smallest absolute Gasteiger partial charge is 0.234 e. The monoisotopic (exact) mass is 347 g/mol. The van der Waals surface area contributed by atoms with E-state index in [1.165, 1.54) is 0 Å². The molecule has 1 amide bonds. The molecule has 3 N–H and O–H groups in total. The van der Waals surface area contributed by atoms with Gasteiger partial charge in [-0.1, -0.05) is 11.6 Å². The number of amides is 1. The Morgan fingerprint density at radius 1 is 1.46 bits per heavy atom. The molecule has 0 unspecified atom stereocenters. The summed E-state index contributed by atoms with van der Waals surface area (Å²) in [6.07, 6.45) is 1.55. The topological polar surface area (TPSA) is 88.7 Å². The van der Waals surface area contributed by atoms with Gasteiger partial charge in [0.1, 0.15) is 6.61 Å². The molecule has 6 nitrogen and oxygen atoms in total. The summed E-state index contributed by atoms with van der Waals surface area (Å²) < 4.78 is 5.66. The number of fused-ring (bicyclic) bond motifs is 1. The fourth-order valence-electron chi connectivity index (χ4n) is 2.72. The summed E-state index contributed by atoms with van der Waals surface area (Å²) in [5, 5.41) is 10.9.